The van der Waals surface area contributed by atoms with Gasteiger partial charge >= 0.3 is 0 Å². The molecule has 0 fully saturated rings. The summed E-state index contributed by atoms with van der Waals surface area (Å²) in [5.41, 5.74) is 3.96. The van der Waals surface area contributed by atoms with Crippen molar-refractivity contribution in [3.63, 3.8) is 0 Å². The zero-order valence-electron chi connectivity index (χ0n) is 14.6. The fourth-order valence-electron chi connectivity index (χ4n) is 2.62. The fraction of sp³-hybridized carbons (Fsp3) is 0.100. The van der Waals surface area contributed by atoms with E-state index in [2.05, 4.69) is 25.6 Å². The van der Waals surface area contributed by atoms with Crippen molar-refractivity contribution in [3.05, 3.63) is 71.2 Å². The summed E-state index contributed by atoms with van der Waals surface area (Å²) in [6, 6.07) is 13.7. The third-order valence-electron chi connectivity index (χ3n) is 3.92. The van der Waals surface area contributed by atoms with E-state index in [1.165, 1.54) is 0 Å². The standard InChI is InChI=1S/C20H16ClN5S/c1-2-18-25-17(21)11-19(26-18)23-15-5-3-4-14(10-15)16-12-27-20(24-16)13-6-8-22-9-7-13/h3-12H,2H2,1H3,(H,23,25,26). The third kappa shape index (κ3) is 4.13. The molecule has 0 aliphatic rings. The molecule has 4 rings (SSSR count). The van der Waals surface area contributed by atoms with Gasteiger partial charge in [-0.1, -0.05) is 30.7 Å². The van der Waals surface area contributed by atoms with Crippen LogP contribution in [0.2, 0.25) is 5.15 Å². The highest BCUT2D eigenvalue weighted by atomic mass is 35.5. The predicted octanol–water partition coefficient (Wildman–Crippen LogP) is 5.62. The SMILES string of the molecule is CCc1nc(Cl)cc(Nc2cccc(-c3csc(-c4ccncc4)n3)c2)n1. The van der Waals surface area contributed by atoms with Crippen molar-refractivity contribution in [1.82, 2.24) is 19.9 Å². The molecule has 0 amide bonds. The van der Waals surface area contributed by atoms with E-state index >= 15 is 0 Å². The van der Waals surface area contributed by atoms with Gasteiger partial charge in [0.1, 0.15) is 21.8 Å². The number of anilines is 2. The van der Waals surface area contributed by atoms with E-state index < -0.39 is 0 Å². The number of aryl methyl sites for hydroxylation is 1. The van der Waals surface area contributed by atoms with Crippen LogP contribution >= 0.6 is 22.9 Å². The van der Waals surface area contributed by atoms with Crippen LogP contribution in [0.15, 0.2) is 60.2 Å². The van der Waals surface area contributed by atoms with Gasteiger partial charge in [0, 0.05) is 47.1 Å². The zero-order chi connectivity index (χ0) is 18.6. The summed E-state index contributed by atoms with van der Waals surface area (Å²) in [5, 5.41) is 6.77. The van der Waals surface area contributed by atoms with E-state index in [0.717, 1.165) is 33.9 Å². The highest BCUT2D eigenvalue weighted by Gasteiger charge is 2.08. The number of hydrogen-bond acceptors (Lipinski definition) is 6. The number of aromatic nitrogens is 4. The Morgan fingerprint density at radius 3 is 2.67 bits per heavy atom. The van der Waals surface area contributed by atoms with Crippen LogP contribution in [-0.2, 0) is 6.42 Å². The normalized spacial score (nSPS) is 10.7. The van der Waals surface area contributed by atoms with Gasteiger partial charge in [-0.15, -0.1) is 11.3 Å². The lowest BCUT2D eigenvalue weighted by atomic mass is 10.1. The van der Waals surface area contributed by atoms with Crippen LogP contribution in [-0.4, -0.2) is 19.9 Å². The van der Waals surface area contributed by atoms with Gasteiger partial charge in [-0.3, -0.25) is 4.98 Å². The lowest BCUT2D eigenvalue weighted by Crippen LogP contribution is -1.99. The zero-order valence-corrected chi connectivity index (χ0v) is 16.1. The Morgan fingerprint density at radius 1 is 1.00 bits per heavy atom. The van der Waals surface area contributed by atoms with Gasteiger partial charge in [-0.25, -0.2) is 15.0 Å². The Morgan fingerprint density at radius 2 is 1.85 bits per heavy atom. The number of thiazole rings is 1. The predicted molar refractivity (Wildman–Crippen MR) is 110 cm³/mol. The Labute approximate surface area is 166 Å². The summed E-state index contributed by atoms with van der Waals surface area (Å²) in [4.78, 5) is 17.5. The maximum atomic E-state index is 6.08. The van der Waals surface area contributed by atoms with E-state index in [4.69, 9.17) is 16.6 Å². The van der Waals surface area contributed by atoms with Crippen molar-refractivity contribution < 1.29 is 0 Å². The van der Waals surface area contributed by atoms with E-state index in [-0.39, 0.29) is 0 Å². The molecule has 4 aromatic rings. The molecule has 0 atom stereocenters. The average Bonchev–Trinajstić information content (AvgIpc) is 3.19. The van der Waals surface area contributed by atoms with E-state index in [1.54, 1.807) is 29.8 Å². The van der Waals surface area contributed by atoms with Gasteiger partial charge in [0.2, 0.25) is 0 Å². The number of nitrogens with zero attached hydrogens (tertiary/aromatic N) is 4. The number of rotatable bonds is 5. The molecule has 134 valence electrons. The van der Waals surface area contributed by atoms with Crippen LogP contribution < -0.4 is 5.32 Å². The monoisotopic (exact) mass is 393 g/mol. The minimum atomic E-state index is 0.432. The Bertz CT molecular complexity index is 1060. The van der Waals surface area contributed by atoms with Crippen molar-refractivity contribution in [2.24, 2.45) is 0 Å². The number of halogens is 1. The smallest absolute Gasteiger partial charge is 0.135 e. The van der Waals surface area contributed by atoms with Crippen LogP contribution in [0.1, 0.15) is 12.7 Å². The summed E-state index contributed by atoms with van der Waals surface area (Å²) < 4.78 is 0. The molecule has 3 aromatic heterocycles. The molecular weight excluding hydrogens is 378 g/mol. The van der Waals surface area contributed by atoms with Crippen LogP contribution in [0.25, 0.3) is 21.8 Å². The summed E-state index contributed by atoms with van der Waals surface area (Å²) in [6.07, 6.45) is 4.28. The van der Waals surface area contributed by atoms with Crippen LogP contribution in [0.5, 0.6) is 0 Å². The fourth-order valence-corrected chi connectivity index (χ4v) is 3.66. The number of pyridine rings is 1. The van der Waals surface area contributed by atoms with Crippen LogP contribution in [0.4, 0.5) is 11.5 Å². The lowest BCUT2D eigenvalue weighted by Gasteiger charge is -2.08. The largest absolute Gasteiger partial charge is 0.340 e. The molecule has 7 heteroatoms. The second-order valence-electron chi connectivity index (χ2n) is 5.83. The van der Waals surface area contributed by atoms with Gasteiger partial charge in [-0.2, -0.15) is 0 Å². The summed E-state index contributed by atoms with van der Waals surface area (Å²) >= 11 is 7.70. The van der Waals surface area contributed by atoms with E-state index in [0.29, 0.717) is 16.8 Å². The molecule has 0 spiro atoms. The van der Waals surface area contributed by atoms with Crippen molar-refractivity contribution in [2.45, 2.75) is 13.3 Å². The molecule has 0 aliphatic heterocycles. The van der Waals surface area contributed by atoms with Gasteiger partial charge in [0.05, 0.1) is 5.69 Å². The maximum absolute atomic E-state index is 6.08. The van der Waals surface area contributed by atoms with E-state index in [9.17, 15) is 0 Å². The van der Waals surface area contributed by atoms with Crippen LogP contribution in [0, 0.1) is 0 Å². The molecule has 3 heterocycles. The second kappa shape index (κ2) is 7.82. The molecule has 5 nitrogen and oxygen atoms in total. The summed E-state index contributed by atoms with van der Waals surface area (Å²) in [7, 11) is 0. The Kier molecular flexibility index (Phi) is 5.09. The van der Waals surface area contributed by atoms with Gasteiger partial charge in [0.25, 0.3) is 0 Å². The summed E-state index contributed by atoms with van der Waals surface area (Å²) in [6.45, 7) is 2.00. The van der Waals surface area contributed by atoms with E-state index in [1.807, 2.05) is 43.3 Å². The molecule has 0 radical (unpaired) electrons. The average molecular weight is 394 g/mol. The van der Waals surface area contributed by atoms with Crippen molar-refractivity contribution in [3.8, 4) is 21.8 Å². The number of nitrogens with one attached hydrogen (secondary N) is 1. The van der Waals surface area contributed by atoms with Gasteiger partial charge in [0.15, 0.2) is 0 Å². The van der Waals surface area contributed by atoms with Crippen molar-refractivity contribution >= 4 is 34.4 Å². The van der Waals surface area contributed by atoms with Crippen LogP contribution in [0.3, 0.4) is 0 Å². The molecule has 0 saturated heterocycles. The molecule has 1 N–H and O–H groups in total. The quantitative estimate of drug-likeness (QED) is 0.446. The minimum Gasteiger partial charge on any atom is -0.340 e. The lowest BCUT2D eigenvalue weighted by molar-refractivity contribution is 0.943. The first-order valence-corrected chi connectivity index (χ1v) is 9.74. The second-order valence-corrected chi connectivity index (χ2v) is 7.07. The minimum absolute atomic E-state index is 0.432. The maximum Gasteiger partial charge on any atom is 0.135 e. The Balaban J connectivity index is 1.60. The molecule has 0 aliphatic carbocycles. The first kappa shape index (κ1) is 17.6. The summed E-state index contributed by atoms with van der Waals surface area (Å²) in [5.74, 6) is 1.39. The van der Waals surface area contributed by atoms with Gasteiger partial charge in [-0.05, 0) is 24.3 Å². The highest BCUT2D eigenvalue weighted by molar-refractivity contribution is 7.13. The number of benzene rings is 1. The molecular formula is C20H16ClN5S. The molecule has 1 aromatic carbocycles. The molecule has 0 bridgehead atoms. The molecule has 0 unspecified atom stereocenters. The molecule has 27 heavy (non-hydrogen) atoms. The third-order valence-corrected chi connectivity index (χ3v) is 5.00. The first-order valence-electron chi connectivity index (χ1n) is 8.48. The highest BCUT2D eigenvalue weighted by Crippen LogP contribution is 2.30. The molecule has 0 saturated carbocycles. The first-order chi connectivity index (χ1) is 13.2. The topological polar surface area (TPSA) is 63.6 Å². The van der Waals surface area contributed by atoms with Gasteiger partial charge < -0.3 is 5.32 Å². The number of hydrogen-bond donors (Lipinski definition) is 1. The Hall–Kier alpha value is -2.83. The van der Waals surface area contributed by atoms with Crippen molar-refractivity contribution in [1.29, 1.82) is 0 Å². The van der Waals surface area contributed by atoms with Crippen molar-refractivity contribution in [2.75, 3.05) is 5.32 Å².